The molecule has 0 fully saturated rings. The summed E-state index contributed by atoms with van der Waals surface area (Å²) in [5.74, 6) is -0.739. The van der Waals surface area contributed by atoms with Crippen molar-refractivity contribution in [1.82, 2.24) is 4.98 Å². The number of alkyl halides is 3. The van der Waals surface area contributed by atoms with E-state index >= 15 is 0 Å². The van der Waals surface area contributed by atoms with Gasteiger partial charge in [-0.2, -0.15) is 13.2 Å². The van der Waals surface area contributed by atoms with Gasteiger partial charge in [0.15, 0.2) is 5.13 Å². The predicted octanol–water partition coefficient (Wildman–Crippen LogP) is 4.59. The number of aromatic nitrogens is 1. The Kier molecular flexibility index (Phi) is 3.81. The van der Waals surface area contributed by atoms with Gasteiger partial charge < -0.3 is 0 Å². The van der Waals surface area contributed by atoms with Crippen LogP contribution in [0.2, 0.25) is 0 Å². The maximum absolute atomic E-state index is 13.1. The fourth-order valence-electron chi connectivity index (χ4n) is 2.19. The number of rotatable bonds is 2. The van der Waals surface area contributed by atoms with E-state index in [1.165, 1.54) is 36.6 Å². The minimum absolute atomic E-state index is 0.355. The van der Waals surface area contributed by atoms with Gasteiger partial charge in [0.05, 0.1) is 21.3 Å². The van der Waals surface area contributed by atoms with Crippen LogP contribution in [0, 0.1) is 0 Å². The average Bonchev–Trinajstić information content (AvgIpc) is 2.96. The summed E-state index contributed by atoms with van der Waals surface area (Å²) in [5.41, 5.74) is -0.629. The summed E-state index contributed by atoms with van der Waals surface area (Å²) in [6.07, 6.45) is -4.58. The molecule has 0 unspecified atom stereocenters. The Morgan fingerprint density at radius 3 is 2.43 bits per heavy atom. The van der Waals surface area contributed by atoms with Crippen molar-refractivity contribution in [2.24, 2.45) is 0 Å². The molecule has 0 spiro atoms. The second kappa shape index (κ2) is 5.66. The van der Waals surface area contributed by atoms with Crippen LogP contribution in [-0.4, -0.2) is 17.9 Å². The van der Waals surface area contributed by atoms with Crippen LogP contribution in [0.1, 0.15) is 15.9 Å². The topological polar surface area (TPSA) is 33.2 Å². The minimum atomic E-state index is -4.58. The van der Waals surface area contributed by atoms with Crippen molar-refractivity contribution >= 4 is 32.6 Å². The maximum Gasteiger partial charge on any atom is 0.417 e. The van der Waals surface area contributed by atoms with Crippen molar-refractivity contribution < 1.29 is 18.0 Å². The third kappa shape index (κ3) is 2.92. The lowest BCUT2D eigenvalue weighted by molar-refractivity contribution is -0.137. The Morgan fingerprint density at radius 2 is 1.74 bits per heavy atom. The van der Waals surface area contributed by atoms with Gasteiger partial charge in [-0.15, -0.1) is 0 Å². The molecule has 1 aromatic heterocycles. The van der Waals surface area contributed by atoms with Crippen LogP contribution in [0.5, 0.6) is 0 Å². The Balaban J connectivity index is 2.00. The molecule has 118 valence electrons. The smallest absolute Gasteiger partial charge is 0.287 e. The van der Waals surface area contributed by atoms with E-state index in [9.17, 15) is 18.0 Å². The first-order valence-corrected chi connectivity index (χ1v) is 7.49. The van der Waals surface area contributed by atoms with E-state index in [0.717, 1.165) is 15.7 Å². The molecule has 0 N–H and O–H groups in total. The highest BCUT2D eigenvalue weighted by molar-refractivity contribution is 7.22. The molecule has 1 heterocycles. The summed E-state index contributed by atoms with van der Waals surface area (Å²) in [5, 5.41) is 0.355. The number of carbonyl (C=O) groups excluding carboxylic acids is 1. The maximum atomic E-state index is 13.1. The molecule has 0 saturated carbocycles. The zero-order valence-electron chi connectivity index (χ0n) is 12.0. The largest absolute Gasteiger partial charge is 0.417 e. The molecule has 7 heteroatoms. The summed E-state index contributed by atoms with van der Waals surface area (Å²) < 4.78 is 40.0. The van der Waals surface area contributed by atoms with Crippen molar-refractivity contribution in [1.29, 1.82) is 0 Å². The van der Waals surface area contributed by atoms with E-state index in [1.807, 2.05) is 18.2 Å². The van der Waals surface area contributed by atoms with E-state index in [2.05, 4.69) is 4.98 Å². The number of halogens is 3. The van der Waals surface area contributed by atoms with Crippen molar-refractivity contribution in [3.05, 3.63) is 59.7 Å². The molecule has 1 amide bonds. The number of carbonyl (C=O) groups is 1. The van der Waals surface area contributed by atoms with Crippen molar-refractivity contribution in [2.45, 2.75) is 6.18 Å². The van der Waals surface area contributed by atoms with Crippen molar-refractivity contribution in [3.8, 4) is 0 Å². The Bertz CT molecular complexity index is 840. The second-order valence-electron chi connectivity index (χ2n) is 4.87. The van der Waals surface area contributed by atoms with E-state index in [0.29, 0.717) is 10.6 Å². The fraction of sp³-hybridized carbons (Fsp3) is 0.125. The Morgan fingerprint density at radius 1 is 1.09 bits per heavy atom. The number of fused-ring (bicyclic) bond motifs is 1. The number of hydrogen-bond donors (Lipinski definition) is 0. The molecule has 0 aliphatic heterocycles. The molecular formula is C16H11F3N2OS. The van der Waals surface area contributed by atoms with E-state index in [1.54, 1.807) is 6.07 Å². The number of anilines is 1. The number of hydrogen-bond acceptors (Lipinski definition) is 3. The van der Waals surface area contributed by atoms with E-state index in [4.69, 9.17) is 0 Å². The normalized spacial score (nSPS) is 11.7. The summed E-state index contributed by atoms with van der Waals surface area (Å²) in [6.45, 7) is 0. The van der Waals surface area contributed by atoms with Crippen molar-refractivity contribution in [2.75, 3.05) is 11.9 Å². The van der Waals surface area contributed by atoms with Gasteiger partial charge in [-0.3, -0.25) is 9.69 Å². The standard InChI is InChI=1S/C16H11F3N2OS/c1-21(15-20-12-8-4-5-9-13(12)23-15)14(22)10-6-2-3-7-11(10)16(17,18)19/h2-9H,1H3. The van der Waals surface area contributed by atoms with Gasteiger partial charge in [0.2, 0.25) is 0 Å². The second-order valence-corrected chi connectivity index (χ2v) is 5.88. The summed E-state index contributed by atoms with van der Waals surface area (Å²) >= 11 is 1.25. The van der Waals surface area contributed by atoms with Crippen LogP contribution in [0.3, 0.4) is 0 Å². The molecule has 2 aromatic carbocycles. The zero-order valence-corrected chi connectivity index (χ0v) is 12.8. The molecule has 0 radical (unpaired) electrons. The lowest BCUT2D eigenvalue weighted by Gasteiger charge is -2.17. The van der Waals surface area contributed by atoms with Crippen LogP contribution in [0.15, 0.2) is 48.5 Å². The quantitative estimate of drug-likeness (QED) is 0.686. The molecule has 0 aliphatic carbocycles. The Hall–Kier alpha value is -2.41. The highest BCUT2D eigenvalue weighted by Crippen LogP contribution is 2.34. The third-order valence-corrected chi connectivity index (χ3v) is 4.45. The van der Waals surface area contributed by atoms with Crippen LogP contribution in [0.4, 0.5) is 18.3 Å². The number of benzene rings is 2. The average molecular weight is 336 g/mol. The first-order chi connectivity index (χ1) is 10.9. The van der Waals surface area contributed by atoms with Crippen LogP contribution in [-0.2, 0) is 6.18 Å². The molecular weight excluding hydrogens is 325 g/mol. The summed E-state index contributed by atoms with van der Waals surface area (Å²) in [7, 11) is 1.42. The lowest BCUT2D eigenvalue weighted by atomic mass is 10.1. The molecule has 3 rings (SSSR count). The summed E-state index contributed by atoms with van der Waals surface area (Å²) in [4.78, 5) is 17.9. The van der Waals surface area contributed by atoms with Gasteiger partial charge in [0, 0.05) is 7.05 Å². The first kappa shape index (κ1) is 15.5. The zero-order chi connectivity index (χ0) is 16.6. The van der Waals surface area contributed by atoms with Crippen LogP contribution in [0.25, 0.3) is 10.2 Å². The van der Waals surface area contributed by atoms with Gasteiger partial charge in [-0.05, 0) is 24.3 Å². The summed E-state index contributed by atoms with van der Waals surface area (Å²) in [6, 6.07) is 12.0. The highest BCUT2D eigenvalue weighted by Gasteiger charge is 2.35. The molecule has 0 saturated heterocycles. The van der Waals surface area contributed by atoms with Crippen LogP contribution >= 0.6 is 11.3 Å². The number of para-hydroxylation sites is 1. The number of nitrogens with zero attached hydrogens (tertiary/aromatic N) is 2. The predicted molar refractivity (Wildman–Crippen MR) is 83.8 cm³/mol. The van der Waals surface area contributed by atoms with Gasteiger partial charge in [0.1, 0.15) is 0 Å². The monoisotopic (exact) mass is 336 g/mol. The van der Waals surface area contributed by atoms with E-state index in [-0.39, 0.29) is 5.56 Å². The number of amides is 1. The Labute approximate surface area is 134 Å². The minimum Gasteiger partial charge on any atom is -0.287 e. The molecule has 3 aromatic rings. The SMILES string of the molecule is CN(C(=O)c1ccccc1C(F)(F)F)c1nc2ccccc2s1. The molecule has 23 heavy (non-hydrogen) atoms. The third-order valence-electron chi connectivity index (χ3n) is 3.34. The molecule has 3 nitrogen and oxygen atoms in total. The molecule has 0 aliphatic rings. The van der Waals surface area contributed by atoms with Gasteiger partial charge >= 0.3 is 6.18 Å². The van der Waals surface area contributed by atoms with Crippen molar-refractivity contribution in [3.63, 3.8) is 0 Å². The number of thiazole rings is 1. The van der Waals surface area contributed by atoms with Gasteiger partial charge in [-0.1, -0.05) is 35.6 Å². The fourth-order valence-corrected chi connectivity index (χ4v) is 3.11. The van der Waals surface area contributed by atoms with E-state index < -0.39 is 17.6 Å². The lowest BCUT2D eigenvalue weighted by Crippen LogP contribution is -2.28. The first-order valence-electron chi connectivity index (χ1n) is 6.68. The molecule has 0 atom stereocenters. The van der Waals surface area contributed by atoms with Gasteiger partial charge in [0.25, 0.3) is 5.91 Å². The van der Waals surface area contributed by atoms with Crippen LogP contribution < -0.4 is 4.90 Å². The van der Waals surface area contributed by atoms with Gasteiger partial charge in [-0.25, -0.2) is 4.98 Å². The highest BCUT2D eigenvalue weighted by atomic mass is 32.1. The molecule has 0 bridgehead atoms.